The Hall–Kier alpha value is -3.13. The van der Waals surface area contributed by atoms with Gasteiger partial charge < -0.3 is 4.98 Å². The van der Waals surface area contributed by atoms with E-state index in [0.29, 0.717) is 0 Å². The lowest BCUT2D eigenvalue weighted by atomic mass is 9.87. The monoisotopic (exact) mass is 352 g/mol. The van der Waals surface area contributed by atoms with Crippen LogP contribution in [0.25, 0.3) is 33.8 Å². The normalized spacial score (nSPS) is 11.5. The van der Waals surface area contributed by atoms with Gasteiger partial charge in [-0.2, -0.15) is 0 Å². The van der Waals surface area contributed by atoms with Gasteiger partial charge in [0.2, 0.25) is 0 Å². The van der Waals surface area contributed by atoms with Crippen LogP contribution in [0.5, 0.6) is 0 Å². The van der Waals surface area contributed by atoms with Crippen LogP contribution in [0, 0.1) is 0 Å². The SMILES string of the molecule is CC(C)(C)c1ccc(-c2ncc(-c3ccccc3-c3ccccc3)[nH]2)cc1. The molecule has 0 fully saturated rings. The predicted molar refractivity (Wildman–Crippen MR) is 114 cm³/mol. The van der Waals surface area contributed by atoms with Gasteiger partial charge in [-0.15, -0.1) is 0 Å². The van der Waals surface area contributed by atoms with Crippen molar-refractivity contribution in [1.82, 2.24) is 9.97 Å². The highest BCUT2D eigenvalue weighted by Crippen LogP contribution is 2.32. The third-order valence-corrected chi connectivity index (χ3v) is 4.90. The Morgan fingerprint density at radius 3 is 1.96 bits per heavy atom. The van der Waals surface area contributed by atoms with Crippen LogP contribution in [0.2, 0.25) is 0 Å². The van der Waals surface area contributed by atoms with Crippen LogP contribution in [0.4, 0.5) is 0 Å². The maximum absolute atomic E-state index is 4.63. The Labute approximate surface area is 160 Å². The second-order valence-electron chi connectivity index (χ2n) is 7.88. The van der Waals surface area contributed by atoms with Gasteiger partial charge in [0.15, 0.2) is 0 Å². The molecule has 2 nitrogen and oxygen atoms in total. The Morgan fingerprint density at radius 2 is 1.30 bits per heavy atom. The van der Waals surface area contributed by atoms with Gasteiger partial charge in [-0.05, 0) is 22.1 Å². The highest BCUT2D eigenvalue weighted by molar-refractivity contribution is 5.82. The Bertz CT molecular complexity index is 1040. The molecule has 0 spiro atoms. The number of aromatic amines is 1. The number of imidazole rings is 1. The van der Waals surface area contributed by atoms with Gasteiger partial charge in [0.25, 0.3) is 0 Å². The summed E-state index contributed by atoms with van der Waals surface area (Å²) in [7, 11) is 0. The van der Waals surface area contributed by atoms with Crippen molar-refractivity contribution < 1.29 is 0 Å². The van der Waals surface area contributed by atoms with E-state index in [1.807, 2.05) is 12.3 Å². The summed E-state index contributed by atoms with van der Waals surface area (Å²) in [5.41, 5.74) is 7.19. The van der Waals surface area contributed by atoms with E-state index < -0.39 is 0 Å². The molecule has 0 radical (unpaired) electrons. The first-order chi connectivity index (χ1) is 13.0. The van der Waals surface area contributed by atoms with E-state index in [1.54, 1.807) is 0 Å². The first-order valence-corrected chi connectivity index (χ1v) is 9.33. The number of hydrogen-bond acceptors (Lipinski definition) is 1. The summed E-state index contributed by atoms with van der Waals surface area (Å²) in [6.45, 7) is 6.69. The molecular weight excluding hydrogens is 328 g/mol. The molecule has 1 N–H and O–H groups in total. The van der Waals surface area contributed by atoms with Gasteiger partial charge in [0, 0.05) is 11.1 Å². The molecule has 4 rings (SSSR count). The van der Waals surface area contributed by atoms with Crippen molar-refractivity contribution in [3.8, 4) is 33.8 Å². The van der Waals surface area contributed by atoms with Crippen LogP contribution in [-0.2, 0) is 5.41 Å². The second-order valence-corrected chi connectivity index (χ2v) is 7.88. The second kappa shape index (κ2) is 6.88. The lowest BCUT2D eigenvalue weighted by Crippen LogP contribution is -2.10. The molecule has 0 atom stereocenters. The molecule has 0 unspecified atom stereocenters. The first-order valence-electron chi connectivity index (χ1n) is 9.33. The summed E-state index contributed by atoms with van der Waals surface area (Å²) < 4.78 is 0. The average molecular weight is 352 g/mol. The van der Waals surface area contributed by atoms with Gasteiger partial charge >= 0.3 is 0 Å². The number of H-pyrrole nitrogens is 1. The molecule has 0 aliphatic rings. The lowest BCUT2D eigenvalue weighted by molar-refractivity contribution is 0.590. The number of benzene rings is 3. The third-order valence-electron chi connectivity index (χ3n) is 4.90. The molecule has 1 aromatic heterocycles. The first kappa shape index (κ1) is 17.3. The third kappa shape index (κ3) is 3.56. The molecule has 0 amide bonds. The number of aromatic nitrogens is 2. The molecule has 0 bridgehead atoms. The fourth-order valence-electron chi connectivity index (χ4n) is 3.32. The van der Waals surface area contributed by atoms with E-state index >= 15 is 0 Å². The maximum atomic E-state index is 4.63. The maximum Gasteiger partial charge on any atom is 0.137 e. The zero-order valence-electron chi connectivity index (χ0n) is 16.0. The summed E-state index contributed by atoms with van der Waals surface area (Å²) in [5.74, 6) is 0.897. The Morgan fingerprint density at radius 1 is 0.667 bits per heavy atom. The highest BCUT2D eigenvalue weighted by atomic mass is 14.9. The molecule has 0 aliphatic carbocycles. The van der Waals surface area contributed by atoms with E-state index in [-0.39, 0.29) is 5.41 Å². The van der Waals surface area contributed by atoms with Crippen molar-refractivity contribution >= 4 is 0 Å². The minimum atomic E-state index is 0.154. The quantitative estimate of drug-likeness (QED) is 0.436. The Balaban J connectivity index is 1.70. The largest absolute Gasteiger partial charge is 0.338 e. The number of hydrogen-bond donors (Lipinski definition) is 1. The molecule has 134 valence electrons. The smallest absolute Gasteiger partial charge is 0.137 e. The zero-order valence-corrected chi connectivity index (χ0v) is 16.0. The fraction of sp³-hybridized carbons (Fsp3) is 0.160. The van der Waals surface area contributed by atoms with Crippen molar-refractivity contribution in [3.05, 3.63) is 90.6 Å². The van der Waals surface area contributed by atoms with Crippen LogP contribution < -0.4 is 0 Å². The minimum Gasteiger partial charge on any atom is -0.338 e. The van der Waals surface area contributed by atoms with E-state index in [1.165, 1.54) is 16.7 Å². The van der Waals surface area contributed by atoms with E-state index in [2.05, 4.69) is 104 Å². The lowest BCUT2D eigenvalue weighted by Gasteiger charge is -2.18. The van der Waals surface area contributed by atoms with Crippen LogP contribution in [0.1, 0.15) is 26.3 Å². The fourth-order valence-corrected chi connectivity index (χ4v) is 3.32. The van der Waals surface area contributed by atoms with Crippen molar-refractivity contribution in [3.63, 3.8) is 0 Å². The van der Waals surface area contributed by atoms with E-state index in [0.717, 1.165) is 22.6 Å². The molecule has 2 heteroatoms. The number of nitrogens with one attached hydrogen (secondary N) is 1. The standard InChI is InChI=1S/C25H24N2/c1-25(2,3)20-15-13-19(14-16-20)24-26-17-23(27-24)22-12-8-7-11-21(22)18-9-5-4-6-10-18/h4-17H,1-3H3,(H,26,27). The molecule has 1 heterocycles. The number of rotatable bonds is 3. The van der Waals surface area contributed by atoms with E-state index in [4.69, 9.17) is 0 Å². The molecule has 27 heavy (non-hydrogen) atoms. The topological polar surface area (TPSA) is 28.7 Å². The molecule has 0 saturated carbocycles. The van der Waals surface area contributed by atoms with Crippen molar-refractivity contribution in [2.75, 3.05) is 0 Å². The summed E-state index contributed by atoms with van der Waals surface area (Å²) in [6, 6.07) is 27.6. The Kier molecular flexibility index (Phi) is 4.41. The van der Waals surface area contributed by atoms with Crippen LogP contribution in [0.3, 0.4) is 0 Å². The summed E-state index contributed by atoms with van der Waals surface area (Å²) in [6.07, 6.45) is 1.93. The van der Waals surface area contributed by atoms with Gasteiger partial charge in [-0.3, -0.25) is 0 Å². The number of nitrogens with zero attached hydrogens (tertiary/aromatic N) is 1. The zero-order chi connectivity index (χ0) is 18.9. The van der Waals surface area contributed by atoms with Crippen molar-refractivity contribution in [2.45, 2.75) is 26.2 Å². The van der Waals surface area contributed by atoms with Crippen LogP contribution >= 0.6 is 0 Å². The van der Waals surface area contributed by atoms with Gasteiger partial charge in [0.1, 0.15) is 5.82 Å². The van der Waals surface area contributed by atoms with Gasteiger partial charge in [-0.1, -0.05) is 99.6 Å². The molecule has 3 aromatic carbocycles. The van der Waals surface area contributed by atoms with Crippen molar-refractivity contribution in [2.24, 2.45) is 0 Å². The summed E-state index contributed by atoms with van der Waals surface area (Å²) in [4.78, 5) is 8.14. The van der Waals surface area contributed by atoms with E-state index in [9.17, 15) is 0 Å². The van der Waals surface area contributed by atoms with Crippen LogP contribution in [-0.4, -0.2) is 9.97 Å². The van der Waals surface area contributed by atoms with Gasteiger partial charge in [-0.25, -0.2) is 4.98 Å². The highest BCUT2D eigenvalue weighted by Gasteiger charge is 2.14. The predicted octanol–water partition coefficient (Wildman–Crippen LogP) is 6.71. The van der Waals surface area contributed by atoms with Crippen molar-refractivity contribution in [1.29, 1.82) is 0 Å². The molecule has 0 saturated heterocycles. The molecule has 4 aromatic rings. The van der Waals surface area contributed by atoms with Gasteiger partial charge in [0.05, 0.1) is 11.9 Å². The summed E-state index contributed by atoms with van der Waals surface area (Å²) >= 11 is 0. The average Bonchev–Trinajstić information content (AvgIpc) is 3.18. The van der Waals surface area contributed by atoms with Crippen LogP contribution in [0.15, 0.2) is 85.1 Å². The summed E-state index contributed by atoms with van der Waals surface area (Å²) in [5, 5.41) is 0. The molecule has 0 aliphatic heterocycles. The minimum absolute atomic E-state index is 0.154. The molecular formula is C25H24N2.